The molecule has 200 valence electrons. The first kappa shape index (κ1) is 27.4. The molecule has 0 saturated heterocycles. The van der Waals surface area contributed by atoms with Crippen molar-refractivity contribution in [2.24, 2.45) is 0 Å². The van der Waals surface area contributed by atoms with E-state index in [1.54, 1.807) is 102 Å². The van der Waals surface area contributed by atoms with Crippen molar-refractivity contribution in [2.45, 2.75) is 19.5 Å². The minimum atomic E-state index is -1.39. The summed E-state index contributed by atoms with van der Waals surface area (Å²) in [7, 11) is 0. The number of para-hydroxylation sites is 2. The van der Waals surface area contributed by atoms with Gasteiger partial charge in [-0.2, -0.15) is 0 Å². The maximum atomic E-state index is 13.0. The summed E-state index contributed by atoms with van der Waals surface area (Å²) in [6, 6.07) is 30.7. The fourth-order valence-electron chi connectivity index (χ4n) is 3.87. The SMILES string of the molecule is O=C(OC(OC(=O)c1ccccc1)N(CCNCc1ccccc1O)Cc1ccccc1O)c1ccccc1. The molecule has 0 fully saturated rings. The first-order chi connectivity index (χ1) is 19.0. The van der Waals surface area contributed by atoms with Crippen LogP contribution >= 0.6 is 0 Å². The highest BCUT2D eigenvalue weighted by molar-refractivity contribution is 5.90. The second-order valence-electron chi connectivity index (χ2n) is 8.75. The number of phenols is 2. The molecule has 0 unspecified atom stereocenters. The summed E-state index contributed by atoms with van der Waals surface area (Å²) < 4.78 is 11.5. The quantitative estimate of drug-likeness (QED) is 0.139. The highest BCUT2D eigenvalue weighted by atomic mass is 16.7. The van der Waals surface area contributed by atoms with Crippen molar-refractivity contribution in [1.29, 1.82) is 0 Å². The molecular weight excluding hydrogens is 496 g/mol. The number of nitrogens with one attached hydrogen (secondary N) is 1. The molecule has 4 aromatic carbocycles. The highest BCUT2D eigenvalue weighted by Crippen LogP contribution is 2.21. The Balaban J connectivity index is 1.56. The monoisotopic (exact) mass is 526 g/mol. The first-order valence-corrected chi connectivity index (χ1v) is 12.5. The van der Waals surface area contributed by atoms with Gasteiger partial charge >= 0.3 is 18.4 Å². The van der Waals surface area contributed by atoms with Gasteiger partial charge in [-0.1, -0.05) is 72.8 Å². The molecule has 4 rings (SSSR count). The number of esters is 2. The lowest BCUT2D eigenvalue weighted by atomic mass is 10.2. The summed E-state index contributed by atoms with van der Waals surface area (Å²) >= 11 is 0. The number of phenolic OH excluding ortho intramolecular Hbond substituents is 2. The number of hydrogen-bond acceptors (Lipinski definition) is 8. The van der Waals surface area contributed by atoms with Crippen molar-refractivity contribution in [2.75, 3.05) is 13.1 Å². The molecule has 4 aromatic rings. The van der Waals surface area contributed by atoms with E-state index in [9.17, 15) is 19.8 Å². The van der Waals surface area contributed by atoms with Gasteiger partial charge in [-0.05, 0) is 36.4 Å². The third-order valence-electron chi connectivity index (χ3n) is 5.98. The Hall–Kier alpha value is -4.66. The van der Waals surface area contributed by atoms with Crippen molar-refractivity contribution in [3.05, 3.63) is 131 Å². The number of rotatable bonds is 12. The Kier molecular flexibility index (Phi) is 9.66. The van der Waals surface area contributed by atoms with Crippen molar-refractivity contribution in [3.8, 4) is 11.5 Å². The normalized spacial score (nSPS) is 10.9. The van der Waals surface area contributed by atoms with Gasteiger partial charge in [0.1, 0.15) is 11.5 Å². The fraction of sp³-hybridized carbons (Fsp3) is 0.161. The molecule has 0 aliphatic carbocycles. The molecule has 0 saturated carbocycles. The molecule has 0 spiro atoms. The number of carbonyl (C=O) groups is 2. The predicted molar refractivity (Wildman–Crippen MR) is 146 cm³/mol. The Morgan fingerprint density at radius 3 is 1.64 bits per heavy atom. The number of benzene rings is 4. The molecule has 39 heavy (non-hydrogen) atoms. The summed E-state index contributed by atoms with van der Waals surface area (Å²) in [5, 5.41) is 23.7. The van der Waals surface area contributed by atoms with Gasteiger partial charge in [0, 0.05) is 37.3 Å². The van der Waals surface area contributed by atoms with Gasteiger partial charge < -0.3 is 25.0 Å². The number of ether oxygens (including phenoxy) is 2. The van der Waals surface area contributed by atoms with Crippen LogP contribution in [0.2, 0.25) is 0 Å². The zero-order chi connectivity index (χ0) is 27.5. The Morgan fingerprint density at radius 1 is 0.667 bits per heavy atom. The maximum Gasteiger partial charge on any atom is 0.342 e. The molecule has 0 bridgehead atoms. The van der Waals surface area contributed by atoms with Crippen LogP contribution in [0.25, 0.3) is 0 Å². The number of hydrogen-bond donors (Lipinski definition) is 3. The summed E-state index contributed by atoms with van der Waals surface area (Å²) in [4.78, 5) is 27.7. The van der Waals surface area contributed by atoms with Crippen molar-refractivity contribution < 1.29 is 29.3 Å². The Labute approximate surface area is 227 Å². The van der Waals surface area contributed by atoms with Crippen molar-refractivity contribution in [1.82, 2.24) is 10.2 Å². The van der Waals surface area contributed by atoms with Crippen molar-refractivity contribution in [3.63, 3.8) is 0 Å². The maximum absolute atomic E-state index is 13.0. The standard InChI is InChI=1S/C31H30N2O6/c34-27-17-9-7-15-25(27)21-32-19-20-33(22-26-16-8-10-18-28(26)35)31(38-29(36)23-11-3-1-4-12-23)39-30(37)24-13-5-2-6-14-24/h1-18,31-32,34-35H,19-22H2. The van der Waals surface area contributed by atoms with E-state index in [0.717, 1.165) is 5.56 Å². The predicted octanol–water partition coefficient (Wildman–Crippen LogP) is 4.69. The molecule has 0 heterocycles. The lowest BCUT2D eigenvalue weighted by Gasteiger charge is -2.30. The van der Waals surface area contributed by atoms with Gasteiger partial charge in [0.2, 0.25) is 0 Å². The van der Waals surface area contributed by atoms with Gasteiger partial charge in [-0.15, -0.1) is 0 Å². The van der Waals surface area contributed by atoms with Gasteiger partial charge in [0.15, 0.2) is 0 Å². The molecule has 3 N–H and O–H groups in total. The molecule has 8 nitrogen and oxygen atoms in total. The summed E-state index contributed by atoms with van der Waals surface area (Å²) in [5.41, 5.74) is 1.90. The van der Waals surface area contributed by atoms with Crippen LogP contribution in [0.4, 0.5) is 0 Å². The van der Waals surface area contributed by atoms with E-state index >= 15 is 0 Å². The van der Waals surface area contributed by atoms with Crippen LogP contribution in [0.3, 0.4) is 0 Å². The second-order valence-corrected chi connectivity index (χ2v) is 8.75. The zero-order valence-corrected chi connectivity index (χ0v) is 21.3. The van der Waals surface area contributed by atoms with E-state index in [2.05, 4.69) is 5.32 Å². The van der Waals surface area contributed by atoms with Gasteiger partial charge in [-0.3, -0.25) is 0 Å². The number of aromatic hydroxyl groups is 2. The van der Waals surface area contributed by atoms with Gasteiger partial charge in [0.05, 0.1) is 11.1 Å². The highest BCUT2D eigenvalue weighted by Gasteiger charge is 2.28. The fourth-order valence-corrected chi connectivity index (χ4v) is 3.87. The molecule has 0 aliphatic heterocycles. The van der Waals surface area contributed by atoms with Crippen LogP contribution in [-0.2, 0) is 22.6 Å². The minimum absolute atomic E-state index is 0.0622. The minimum Gasteiger partial charge on any atom is -0.508 e. The van der Waals surface area contributed by atoms with E-state index < -0.39 is 18.4 Å². The number of nitrogens with zero attached hydrogens (tertiary/aromatic N) is 1. The summed E-state index contributed by atoms with van der Waals surface area (Å²) in [5.74, 6) is -1.08. The molecule has 0 aromatic heterocycles. The molecule has 0 amide bonds. The number of carbonyl (C=O) groups excluding carboxylic acids is 2. The van der Waals surface area contributed by atoms with Crippen LogP contribution in [0, 0.1) is 0 Å². The lowest BCUT2D eigenvalue weighted by Crippen LogP contribution is -2.44. The van der Waals surface area contributed by atoms with Crippen LogP contribution < -0.4 is 5.32 Å². The van der Waals surface area contributed by atoms with Gasteiger partial charge in [-0.25, -0.2) is 14.5 Å². The average Bonchev–Trinajstić information content (AvgIpc) is 2.97. The Morgan fingerprint density at radius 2 is 1.13 bits per heavy atom. The van der Waals surface area contributed by atoms with Crippen LogP contribution in [-0.4, -0.2) is 46.6 Å². The molecule has 0 radical (unpaired) electrons. The molecule has 0 atom stereocenters. The van der Waals surface area contributed by atoms with E-state index in [4.69, 9.17) is 9.47 Å². The van der Waals surface area contributed by atoms with E-state index in [0.29, 0.717) is 29.8 Å². The van der Waals surface area contributed by atoms with E-state index in [1.807, 2.05) is 12.1 Å². The van der Waals surface area contributed by atoms with Crippen LogP contribution in [0.5, 0.6) is 11.5 Å². The summed E-state index contributed by atoms with van der Waals surface area (Å²) in [6.07, 6.45) is -1.39. The smallest absolute Gasteiger partial charge is 0.342 e. The van der Waals surface area contributed by atoms with Crippen LogP contribution in [0.15, 0.2) is 109 Å². The zero-order valence-electron chi connectivity index (χ0n) is 21.3. The molecule has 0 aliphatic rings. The van der Waals surface area contributed by atoms with Gasteiger partial charge in [0.25, 0.3) is 0 Å². The molecular formula is C31H30N2O6. The third kappa shape index (κ3) is 7.91. The average molecular weight is 527 g/mol. The van der Waals surface area contributed by atoms with E-state index in [1.165, 1.54) is 0 Å². The lowest BCUT2D eigenvalue weighted by molar-refractivity contribution is -0.166. The Bertz CT molecular complexity index is 1310. The van der Waals surface area contributed by atoms with Crippen LogP contribution in [0.1, 0.15) is 31.8 Å². The summed E-state index contributed by atoms with van der Waals surface area (Å²) in [6.45, 7) is 1.19. The molecule has 8 heteroatoms. The van der Waals surface area contributed by atoms with Crippen molar-refractivity contribution >= 4 is 11.9 Å². The third-order valence-corrected chi connectivity index (χ3v) is 5.98. The topological polar surface area (TPSA) is 108 Å². The largest absolute Gasteiger partial charge is 0.508 e. The van der Waals surface area contributed by atoms with E-state index in [-0.39, 0.29) is 24.6 Å². The first-order valence-electron chi connectivity index (χ1n) is 12.5. The second kappa shape index (κ2) is 13.8.